The lowest BCUT2D eigenvalue weighted by Gasteiger charge is -2.10. The number of amides is 1. The van der Waals surface area contributed by atoms with Gasteiger partial charge >= 0.3 is 0 Å². The quantitative estimate of drug-likeness (QED) is 0.495. The van der Waals surface area contributed by atoms with Gasteiger partial charge in [0.1, 0.15) is 5.82 Å². The number of nitrogens with zero attached hydrogens (tertiary/aromatic N) is 2. The van der Waals surface area contributed by atoms with Crippen molar-refractivity contribution in [3.8, 4) is 5.69 Å². The zero-order valence-electron chi connectivity index (χ0n) is 15.8. The molecule has 9 heteroatoms. The zero-order chi connectivity index (χ0) is 21.2. The molecule has 7 nitrogen and oxygen atoms in total. The Hall–Kier alpha value is -3.30. The minimum Gasteiger partial charge on any atom is -0.318 e. The van der Waals surface area contributed by atoms with E-state index in [4.69, 9.17) is 5.14 Å². The number of hydrogen-bond donors (Lipinski definition) is 2. The molecule has 150 valence electrons. The van der Waals surface area contributed by atoms with Crippen LogP contribution in [0.3, 0.4) is 0 Å². The monoisotopic (exact) mass is 414 g/mol. The summed E-state index contributed by atoms with van der Waals surface area (Å²) in [6.45, 7) is 3.78. The van der Waals surface area contributed by atoms with Gasteiger partial charge in [-0.05, 0) is 68.4 Å². The number of aryl methyl sites for hydroxylation is 1. The fourth-order valence-electron chi connectivity index (χ4n) is 2.93. The Kier molecular flexibility index (Phi) is 5.62. The second kappa shape index (κ2) is 7.98. The van der Waals surface area contributed by atoms with Gasteiger partial charge in [-0.1, -0.05) is 0 Å². The highest BCUT2D eigenvalue weighted by atomic mass is 32.2. The Labute approximate surface area is 167 Å². The molecule has 0 saturated carbocycles. The van der Waals surface area contributed by atoms with Crippen molar-refractivity contribution < 1.29 is 17.6 Å². The summed E-state index contributed by atoms with van der Waals surface area (Å²) in [6, 6.07) is 13.3. The van der Waals surface area contributed by atoms with Gasteiger partial charge in [-0.2, -0.15) is 5.10 Å². The number of nitrogens with two attached hydrogens (primary N) is 1. The van der Waals surface area contributed by atoms with Crippen LogP contribution in [0.1, 0.15) is 27.3 Å². The molecule has 0 radical (unpaired) electrons. The Bertz CT molecular complexity index is 1180. The average molecular weight is 414 g/mol. The van der Waals surface area contributed by atoms with Crippen LogP contribution < -0.4 is 10.6 Å². The zero-order valence-corrected chi connectivity index (χ0v) is 16.6. The summed E-state index contributed by atoms with van der Waals surface area (Å²) in [7, 11) is -3.75. The molecule has 1 amide bonds. The smallest absolute Gasteiger partial charge is 0.271 e. The van der Waals surface area contributed by atoms with Crippen LogP contribution >= 0.6 is 0 Å². The second-order valence-corrected chi connectivity index (χ2v) is 7.97. The number of benzene rings is 2. The largest absolute Gasteiger partial charge is 0.318 e. The van der Waals surface area contributed by atoms with E-state index in [0.717, 1.165) is 22.6 Å². The predicted molar refractivity (Wildman–Crippen MR) is 108 cm³/mol. The van der Waals surface area contributed by atoms with Gasteiger partial charge in [-0.25, -0.2) is 23.4 Å². The molecule has 0 spiro atoms. The SMILES string of the molecule is Cc1cc(/C=N\NC(=O)c2ccc(F)cc2)c(C)n1-c1ccc(S(N)(=O)=O)cc1. The molecule has 0 atom stereocenters. The fraction of sp³-hybridized carbons (Fsp3) is 0.100. The first kappa shape index (κ1) is 20.4. The van der Waals surface area contributed by atoms with Crippen LogP contribution in [0.4, 0.5) is 4.39 Å². The molecule has 29 heavy (non-hydrogen) atoms. The maximum atomic E-state index is 12.9. The first-order chi connectivity index (χ1) is 13.7. The molecule has 1 aromatic heterocycles. The van der Waals surface area contributed by atoms with E-state index in [2.05, 4.69) is 10.5 Å². The molecule has 0 saturated heterocycles. The summed E-state index contributed by atoms with van der Waals surface area (Å²) in [4.78, 5) is 12.1. The van der Waals surface area contributed by atoms with Gasteiger partial charge < -0.3 is 4.57 Å². The third kappa shape index (κ3) is 4.58. The Morgan fingerprint density at radius 3 is 2.31 bits per heavy atom. The minimum atomic E-state index is -3.75. The van der Waals surface area contributed by atoms with Crippen molar-refractivity contribution in [2.45, 2.75) is 18.7 Å². The van der Waals surface area contributed by atoms with E-state index >= 15 is 0 Å². The number of nitrogens with one attached hydrogen (secondary N) is 1. The summed E-state index contributed by atoms with van der Waals surface area (Å²) in [5, 5.41) is 9.10. The molecule has 2 aromatic carbocycles. The van der Waals surface area contributed by atoms with Gasteiger partial charge in [0.25, 0.3) is 5.91 Å². The third-order valence-electron chi connectivity index (χ3n) is 4.37. The van der Waals surface area contributed by atoms with Gasteiger partial charge in [0.15, 0.2) is 0 Å². The van der Waals surface area contributed by atoms with Crippen molar-refractivity contribution in [1.82, 2.24) is 9.99 Å². The minimum absolute atomic E-state index is 0.0361. The Morgan fingerprint density at radius 1 is 1.10 bits per heavy atom. The second-order valence-electron chi connectivity index (χ2n) is 6.41. The Morgan fingerprint density at radius 2 is 1.72 bits per heavy atom. The van der Waals surface area contributed by atoms with Crippen molar-refractivity contribution in [2.75, 3.05) is 0 Å². The summed E-state index contributed by atoms with van der Waals surface area (Å²) in [6.07, 6.45) is 1.51. The van der Waals surface area contributed by atoms with Crippen molar-refractivity contribution in [3.63, 3.8) is 0 Å². The number of halogens is 1. The van der Waals surface area contributed by atoms with Crippen LogP contribution in [0.2, 0.25) is 0 Å². The number of sulfonamides is 1. The molecule has 0 aliphatic rings. The molecular weight excluding hydrogens is 395 g/mol. The highest BCUT2D eigenvalue weighted by molar-refractivity contribution is 7.89. The average Bonchev–Trinajstić information content (AvgIpc) is 2.95. The number of hydrazone groups is 1. The van der Waals surface area contributed by atoms with Crippen LogP contribution in [0, 0.1) is 19.7 Å². The number of hydrogen-bond acceptors (Lipinski definition) is 4. The predicted octanol–water partition coefficient (Wildman–Crippen LogP) is 2.64. The molecule has 3 aromatic rings. The fourth-order valence-corrected chi connectivity index (χ4v) is 3.44. The first-order valence-corrected chi connectivity index (χ1v) is 10.1. The number of aromatic nitrogens is 1. The van der Waals surface area contributed by atoms with Crippen molar-refractivity contribution in [2.24, 2.45) is 10.2 Å². The van der Waals surface area contributed by atoms with Gasteiger partial charge in [0, 0.05) is 28.2 Å². The lowest BCUT2D eigenvalue weighted by atomic mass is 10.2. The van der Waals surface area contributed by atoms with Crippen LogP contribution in [0.15, 0.2) is 64.6 Å². The maximum Gasteiger partial charge on any atom is 0.271 e. The molecule has 0 aliphatic heterocycles. The van der Waals surface area contributed by atoms with Crippen LogP contribution in [0.5, 0.6) is 0 Å². The van der Waals surface area contributed by atoms with Crippen molar-refractivity contribution in [3.05, 3.63) is 82.9 Å². The molecule has 0 unspecified atom stereocenters. The normalized spacial score (nSPS) is 11.7. The number of carbonyl (C=O) groups excluding carboxylic acids is 1. The molecule has 1 heterocycles. The summed E-state index contributed by atoms with van der Waals surface area (Å²) in [5.41, 5.74) is 5.99. The molecular formula is C20H19FN4O3S. The number of carbonyl (C=O) groups is 1. The summed E-state index contributed by atoms with van der Waals surface area (Å²) >= 11 is 0. The van der Waals surface area contributed by atoms with E-state index in [1.807, 2.05) is 24.5 Å². The molecule has 0 bridgehead atoms. The van der Waals surface area contributed by atoms with Gasteiger partial charge in [-0.15, -0.1) is 0 Å². The number of primary sulfonamides is 1. The van der Waals surface area contributed by atoms with Crippen LogP contribution in [0.25, 0.3) is 5.69 Å². The van der Waals surface area contributed by atoms with Crippen LogP contribution in [-0.4, -0.2) is 25.1 Å². The molecule has 3 N–H and O–H groups in total. The molecule has 0 aliphatic carbocycles. The van der Waals surface area contributed by atoms with E-state index in [1.54, 1.807) is 12.1 Å². The van der Waals surface area contributed by atoms with Crippen molar-refractivity contribution in [1.29, 1.82) is 0 Å². The highest BCUT2D eigenvalue weighted by Gasteiger charge is 2.12. The lowest BCUT2D eigenvalue weighted by Crippen LogP contribution is -2.17. The maximum absolute atomic E-state index is 12.9. The van der Waals surface area contributed by atoms with E-state index in [0.29, 0.717) is 5.56 Å². The molecule has 0 fully saturated rings. The lowest BCUT2D eigenvalue weighted by molar-refractivity contribution is 0.0955. The van der Waals surface area contributed by atoms with E-state index in [9.17, 15) is 17.6 Å². The van der Waals surface area contributed by atoms with Gasteiger partial charge in [0.2, 0.25) is 10.0 Å². The van der Waals surface area contributed by atoms with Crippen LogP contribution in [-0.2, 0) is 10.0 Å². The van der Waals surface area contributed by atoms with Gasteiger partial charge in [0.05, 0.1) is 11.1 Å². The standard InChI is InChI=1S/C20H19FN4O3S/c1-13-11-16(12-23-24-20(26)15-3-5-17(21)6-4-15)14(2)25(13)18-7-9-19(10-8-18)29(22,27)28/h3-12H,1-2H3,(H,24,26)(H2,22,27,28)/b23-12-. The molecule has 3 rings (SSSR count). The third-order valence-corrected chi connectivity index (χ3v) is 5.30. The summed E-state index contributed by atoms with van der Waals surface area (Å²) in [5.74, 6) is -0.872. The highest BCUT2D eigenvalue weighted by Crippen LogP contribution is 2.21. The van der Waals surface area contributed by atoms with E-state index in [1.165, 1.54) is 42.6 Å². The van der Waals surface area contributed by atoms with Crippen molar-refractivity contribution >= 4 is 22.1 Å². The Balaban J connectivity index is 1.79. The number of rotatable bonds is 5. The topological polar surface area (TPSA) is 107 Å². The van der Waals surface area contributed by atoms with E-state index in [-0.39, 0.29) is 4.90 Å². The van der Waals surface area contributed by atoms with Gasteiger partial charge in [-0.3, -0.25) is 4.79 Å². The first-order valence-electron chi connectivity index (χ1n) is 8.58. The summed E-state index contributed by atoms with van der Waals surface area (Å²) < 4.78 is 37.7. The van der Waals surface area contributed by atoms with E-state index < -0.39 is 21.7 Å².